The highest BCUT2D eigenvalue weighted by Gasteiger charge is 2.36. The Hall–Kier alpha value is -4.66. The molecule has 0 bridgehead atoms. The summed E-state index contributed by atoms with van der Waals surface area (Å²) in [6.07, 6.45) is 1.29. The second kappa shape index (κ2) is 9.42. The van der Waals surface area contributed by atoms with Crippen molar-refractivity contribution in [1.29, 1.82) is 0 Å². The van der Waals surface area contributed by atoms with E-state index in [2.05, 4.69) is 0 Å². The average Bonchev–Trinajstić information content (AvgIpc) is 2.91. The molecule has 9 heteroatoms. The van der Waals surface area contributed by atoms with Crippen LogP contribution in [0.2, 0.25) is 0 Å². The van der Waals surface area contributed by atoms with Gasteiger partial charge in [-0.15, -0.1) is 0 Å². The minimum absolute atomic E-state index is 0.0190. The van der Waals surface area contributed by atoms with Gasteiger partial charge in [0.15, 0.2) is 11.5 Å². The van der Waals surface area contributed by atoms with Gasteiger partial charge in [0.05, 0.1) is 40.4 Å². The van der Waals surface area contributed by atoms with Crippen molar-refractivity contribution in [3.8, 4) is 45.6 Å². The zero-order chi connectivity index (χ0) is 26.3. The topological polar surface area (TPSA) is 114 Å². The summed E-state index contributed by atoms with van der Waals surface area (Å²) in [6, 6.07) is 11.6. The summed E-state index contributed by atoms with van der Waals surface area (Å²) in [4.78, 5) is 26.2. The molecule has 4 aromatic rings. The van der Waals surface area contributed by atoms with Crippen LogP contribution in [0.15, 0.2) is 57.9 Å². The van der Waals surface area contributed by atoms with Crippen molar-refractivity contribution >= 4 is 16.9 Å². The number of benzene rings is 3. The maximum absolute atomic E-state index is 13.6. The molecule has 1 aliphatic heterocycles. The number of fused-ring (bicyclic) bond motifs is 3. The predicted octanol–water partition coefficient (Wildman–Crippen LogP) is 4.64. The van der Waals surface area contributed by atoms with Crippen LogP contribution in [0.1, 0.15) is 23.5 Å². The third kappa shape index (κ3) is 3.98. The van der Waals surface area contributed by atoms with E-state index < -0.39 is 17.3 Å². The first-order valence-corrected chi connectivity index (χ1v) is 11.4. The maximum atomic E-state index is 13.6. The Morgan fingerprint density at radius 2 is 1.54 bits per heavy atom. The Bertz CT molecular complexity index is 1570. The fourth-order valence-electron chi connectivity index (χ4n) is 4.69. The predicted molar refractivity (Wildman–Crippen MR) is 134 cm³/mol. The zero-order valence-corrected chi connectivity index (χ0v) is 20.6. The molecular formula is C28H24O9. The Morgan fingerprint density at radius 1 is 0.865 bits per heavy atom. The van der Waals surface area contributed by atoms with Gasteiger partial charge >= 0.3 is 5.97 Å². The SMILES string of the molecule is COc1ccc(-c2coc3c4c(cc(O)c3c2=O)OC(=O)C[C@@H]4c2cc(OC)c(OC)cc2OC)cc1. The molecule has 0 spiro atoms. The van der Waals surface area contributed by atoms with Crippen LogP contribution in [0.5, 0.6) is 34.5 Å². The highest BCUT2D eigenvalue weighted by molar-refractivity contribution is 5.94. The largest absolute Gasteiger partial charge is 0.507 e. The summed E-state index contributed by atoms with van der Waals surface area (Å²) in [5.74, 6) is 0.586. The van der Waals surface area contributed by atoms with Gasteiger partial charge in [-0.2, -0.15) is 0 Å². The van der Waals surface area contributed by atoms with Crippen LogP contribution in [-0.2, 0) is 4.79 Å². The van der Waals surface area contributed by atoms with Crippen molar-refractivity contribution < 1.29 is 38.0 Å². The van der Waals surface area contributed by atoms with Crippen LogP contribution >= 0.6 is 0 Å². The molecule has 5 rings (SSSR count). The monoisotopic (exact) mass is 504 g/mol. The number of carbonyl (C=O) groups excluding carboxylic acids is 1. The molecule has 1 aliphatic rings. The Labute approximate surface area is 211 Å². The lowest BCUT2D eigenvalue weighted by Crippen LogP contribution is -2.22. The molecule has 3 aromatic carbocycles. The smallest absolute Gasteiger partial charge is 0.312 e. The number of rotatable bonds is 6. The van der Waals surface area contributed by atoms with E-state index in [4.69, 9.17) is 28.1 Å². The molecule has 2 heterocycles. The number of hydrogen-bond donors (Lipinski definition) is 1. The first-order valence-electron chi connectivity index (χ1n) is 11.4. The van der Waals surface area contributed by atoms with Gasteiger partial charge in [-0.05, 0) is 23.8 Å². The van der Waals surface area contributed by atoms with Crippen LogP contribution in [0, 0.1) is 0 Å². The molecule has 1 atom stereocenters. The third-order valence-electron chi connectivity index (χ3n) is 6.48. The summed E-state index contributed by atoms with van der Waals surface area (Å²) in [7, 11) is 6.07. The van der Waals surface area contributed by atoms with Gasteiger partial charge in [0.1, 0.15) is 40.2 Å². The van der Waals surface area contributed by atoms with Crippen LogP contribution in [-0.4, -0.2) is 39.5 Å². The van der Waals surface area contributed by atoms with Gasteiger partial charge in [-0.25, -0.2) is 0 Å². The van der Waals surface area contributed by atoms with Gasteiger partial charge in [0.2, 0.25) is 5.43 Å². The molecule has 1 aromatic heterocycles. The summed E-state index contributed by atoms with van der Waals surface area (Å²) >= 11 is 0. The normalized spacial score (nSPS) is 14.6. The van der Waals surface area contributed by atoms with Crippen LogP contribution < -0.4 is 29.1 Å². The molecule has 37 heavy (non-hydrogen) atoms. The number of esters is 1. The number of aromatic hydroxyl groups is 1. The molecule has 0 unspecified atom stereocenters. The molecule has 0 saturated heterocycles. The quantitative estimate of drug-likeness (QED) is 0.296. The number of phenolic OH excluding ortho intramolecular Hbond substituents is 1. The first kappa shape index (κ1) is 24.1. The van der Waals surface area contributed by atoms with Crippen molar-refractivity contribution in [3.63, 3.8) is 0 Å². The summed E-state index contributed by atoms with van der Waals surface area (Å²) in [5.41, 5.74) is 1.59. The second-order valence-electron chi connectivity index (χ2n) is 8.40. The van der Waals surface area contributed by atoms with Gasteiger partial charge in [0, 0.05) is 29.2 Å². The fourth-order valence-corrected chi connectivity index (χ4v) is 4.69. The molecule has 0 fully saturated rings. The van der Waals surface area contributed by atoms with Crippen molar-refractivity contribution in [3.05, 3.63) is 70.1 Å². The average molecular weight is 504 g/mol. The minimum atomic E-state index is -0.621. The minimum Gasteiger partial charge on any atom is -0.507 e. The highest BCUT2D eigenvalue weighted by Crippen LogP contribution is 2.49. The number of methoxy groups -OCH3 is 4. The van der Waals surface area contributed by atoms with Crippen LogP contribution in [0.25, 0.3) is 22.1 Å². The van der Waals surface area contributed by atoms with Gasteiger partial charge in [-0.1, -0.05) is 12.1 Å². The molecular weight excluding hydrogens is 480 g/mol. The molecule has 190 valence electrons. The highest BCUT2D eigenvalue weighted by atomic mass is 16.5. The number of carbonyl (C=O) groups is 1. The lowest BCUT2D eigenvalue weighted by molar-refractivity contribution is -0.135. The molecule has 0 saturated carbocycles. The summed E-state index contributed by atoms with van der Waals surface area (Å²) in [5, 5.41) is 10.8. The Kier molecular flexibility index (Phi) is 6.12. The first-order chi connectivity index (χ1) is 17.9. The van der Waals surface area contributed by atoms with Gasteiger partial charge < -0.3 is 33.2 Å². The van der Waals surface area contributed by atoms with Crippen molar-refractivity contribution in [2.24, 2.45) is 0 Å². The van der Waals surface area contributed by atoms with Gasteiger partial charge in [-0.3, -0.25) is 9.59 Å². The molecule has 0 radical (unpaired) electrons. The fraction of sp³-hybridized carbons (Fsp3) is 0.214. The van der Waals surface area contributed by atoms with E-state index in [-0.39, 0.29) is 34.5 Å². The standard InChI is InChI=1S/C28H24O9/c1-32-15-7-5-14(6-8-15)18-13-36-28-25-17(16-9-21(34-3)22(35-4)12-20(16)33-2)10-24(30)37-23(25)11-19(29)26(28)27(18)31/h5-9,11-13,17,29H,10H2,1-4H3/t17-/m1/s1. The van der Waals surface area contributed by atoms with E-state index in [1.165, 1.54) is 33.7 Å². The zero-order valence-electron chi connectivity index (χ0n) is 20.6. The molecule has 1 N–H and O–H groups in total. The number of phenols is 1. The summed E-state index contributed by atoms with van der Waals surface area (Å²) < 4.78 is 33.1. The van der Waals surface area contributed by atoms with E-state index in [0.717, 1.165) is 0 Å². The van der Waals surface area contributed by atoms with E-state index in [9.17, 15) is 14.7 Å². The Balaban J connectivity index is 1.76. The third-order valence-corrected chi connectivity index (χ3v) is 6.48. The van der Waals surface area contributed by atoms with Gasteiger partial charge in [0.25, 0.3) is 0 Å². The molecule has 9 nitrogen and oxygen atoms in total. The van der Waals surface area contributed by atoms with Crippen LogP contribution in [0.3, 0.4) is 0 Å². The Morgan fingerprint density at radius 3 is 2.19 bits per heavy atom. The van der Waals surface area contributed by atoms with Crippen molar-refractivity contribution in [2.75, 3.05) is 28.4 Å². The second-order valence-corrected chi connectivity index (χ2v) is 8.40. The van der Waals surface area contributed by atoms with Crippen LogP contribution in [0.4, 0.5) is 0 Å². The van der Waals surface area contributed by atoms with E-state index >= 15 is 0 Å². The number of ether oxygens (including phenoxy) is 5. The lowest BCUT2D eigenvalue weighted by Gasteiger charge is -2.27. The number of hydrogen-bond acceptors (Lipinski definition) is 9. The molecule has 0 amide bonds. The van der Waals surface area contributed by atoms with E-state index in [0.29, 0.717) is 39.7 Å². The van der Waals surface area contributed by atoms with E-state index in [1.54, 1.807) is 43.5 Å². The molecule has 0 aliphatic carbocycles. The maximum Gasteiger partial charge on any atom is 0.312 e. The van der Waals surface area contributed by atoms with E-state index in [1.807, 2.05) is 0 Å². The van der Waals surface area contributed by atoms with Crippen molar-refractivity contribution in [2.45, 2.75) is 12.3 Å². The lowest BCUT2D eigenvalue weighted by atomic mass is 9.84. The van der Waals surface area contributed by atoms with Crippen molar-refractivity contribution in [1.82, 2.24) is 0 Å². The summed E-state index contributed by atoms with van der Waals surface area (Å²) in [6.45, 7) is 0.